The first-order valence-electron chi connectivity index (χ1n) is 11.3. The summed E-state index contributed by atoms with van der Waals surface area (Å²) < 4.78 is 33.2. The fourth-order valence-corrected chi connectivity index (χ4v) is 4.99. The van der Waals surface area contributed by atoms with Gasteiger partial charge in [-0.3, -0.25) is 4.79 Å². The van der Waals surface area contributed by atoms with Crippen molar-refractivity contribution in [2.24, 2.45) is 0 Å². The van der Waals surface area contributed by atoms with Gasteiger partial charge >= 0.3 is 5.97 Å². The number of aliphatic hydroxyl groups excluding tert-OH is 1. The summed E-state index contributed by atoms with van der Waals surface area (Å²) in [5, 5.41) is 19.1. The first-order valence-corrected chi connectivity index (χ1v) is 12.6. The van der Waals surface area contributed by atoms with Gasteiger partial charge in [-0.15, -0.1) is 11.8 Å². The Labute approximate surface area is 211 Å². The lowest BCUT2D eigenvalue weighted by atomic mass is 10.1. The molecule has 0 saturated carbocycles. The number of carboxylic acids is 1. The second kappa shape index (κ2) is 11.1. The lowest BCUT2D eigenvalue weighted by molar-refractivity contribution is -0.141. The van der Waals surface area contributed by atoms with Crippen LogP contribution in [0.1, 0.15) is 28.8 Å². The largest absolute Gasteiger partial charge is 0.489 e. The van der Waals surface area contributed by atoms with Gasteiger partial charge in [0.05, 0.1) is 12.6 Å². The number of hydrogen-bond donors (Lipinski definition) is 2. The molecule has 0 aliphatic carbocycles. The van der Waals surface area contributed by atoms with Gasteiger partial charge in [-0.05, 0) is 72.2 Å². The predicted molar refractivity (Wildman–Crippen MR) is 132 cm³/mol. The number of ether oxygens (including phenoxy) is 1. The molecule has 1 fully saturated rings. The Morgan fingerprint density at radius 3 is 2.44 bits per heavy atom. The molecular formula is C27H25F2NO5S. The fraction of sp³-hybridized carbons (Fsp3) is 0.259. The summed E-state index contributed by atoms with van der Waals surface area (Å²) in [7, 11) is 0. The summed E-state index contributed by atoms with van der Waals surface area (Å²) in [4.78, 5) is 26.5. The van der Waals surface area contributed by atoms with Crippen molar-refractivity contribution in [3.05, 3.63) is 83.4 Å². The molecule has 0 bridgehead atoms. The third-order valence-corrected chi connectivity index (χ3v) is 7.00. The van der Waals surface area contributed by atoms with Crippen LogP contribution in [0.15, 0.2) is 65.6 Å². The molecule has 9 heteroatoms. The summed E-state index contributed by atoms with van der Waals surface area (Å²) in [6, 6.07) is 14.6. The van der Waals surface area contributed by atoms with Gasteiger partial charge in [0.2, 0.25) is 0 Å². The van der Waals surface area contributed by atoms with Crippen molar-refractivity contribution in [3.63, 3.8) is 0 Å². The quantitative estimate of drug-likeness (QED) is 0.413. The average molecular weight is 514 g/mol. The highest BCUT2D eigenvalue weighted by atomic mass is 32.2. The molecule has 1 aliphatic heterocycles. The van der Waals surface area contributed by atoms with E-state index in [-0.39, 0.29) is 13.2 Å². The van der Waals surface area contributed by atoms with Crippen LogP contribution < -0.4 is 4.74 Å². The van der Waals surface area contributed by atoms with Crippen LogP contribution in [0.3, 0.4) is 0 Å². The third-order valence-electron chi connectivity index (χ3n) is 6.22. The zero-order valence-corrected chi connectivity index (χ0v) is 20.3. The van der Waals surface area contributed by atoms with Gasteiger partial charge in [0.1, 0.15) is 18.4 Å². The summed E-state index contributed by atoms with van der Waals surface area (Å²) in [5.74, 6) is -2.78. The number of likely N-dealkylation sites (tertiary alicyclic amines) is 1. The highest BCUT2D eigenvalue weighted by Crippen LogP contribution is 2.33. The third kappa shape index (κ3) is 5.37. The topological polar surface area (TPSA) is 87.1 Å². The Balaban J connectivity index is 1.46. The fourth-order valence-electron chi connectivity index (χ4n) is 4.38. The number of hydrogen-bond acceptors (Lipinski definition) is 5. The zero-order chi connectivity index (χ0) is 25.8. The van der Waals surface area contributed by atoms with E-state index >= 15 is 0 Å². The number of halogens is 2. The van der Waals surface area contributed by atoms with Gasteiger partial charge < -0.3 is 19.8 Å². The number of benzene rings is 3. The number of thioether (sulfide) groups is 1. The van der Waals surface area contributed by atoms with Crippen LogP contribution in [-0.2, 0) is 11.4 Å². The van der Waals surface area contributed by atoms with Crippen molar-refractivity contribution in [2.75, 3.05) is 12.9 Å². The number of rotatable bonds is 8. The number of aliphatic carboxylic acids is 1. The molecular weight excluding hydrogens is 488 g/mol. The van der Waals surface area contributed by atoms with E-state index in [1.54, 1.807) is 54.8 Å². The number of nitrogens with zero attached hydrogens (tertiary/aromatic N) is 1. The van der Waals surface area contributed by atoms with Gasteiger partial charge in [0, 0.05) is 10.5 Å². The Morgan fingerprint density at radius 1 is 1.06 bits per heavy atom. The average Bonchev–Trinajstić information content (AvgIpc) is 3.33. The van der Waals surface area contributed by atoms with E-state index in [9.17, 15) is 28.6 Å². The molecule has 188 valence electrons. The number of carboxylic acid groups (broad SMARTS) is 1. The van der Waals surface area contributed by atoms with Crippen molar-refractivity contribution in [1.82, 2.24) is 4.90 Å². The molecule has 6 nitrogen and oxygen atoms in total. The summed E-state index contributed by atoms with van der Waals surface area (Å²) >= 11 is 1.33. The van der Waals surface area contributed by atoms with E-state index in [1.165, 1.54) is 28.8 Å². The van der Waals surface area contributed by atoms with Crippen LogP contribution >= 0.6 is 11.8 Å². The SMILES string of the molecule is CSc1cc(F)c(F)cc1-c1ccc(OCc2cccc(C(=O)N3[C@H](CO)CC[C@H]3C(=O)O)c2)cc1. The molecule has 0 aromatic heterocycles. The number of amides is 1. The first kappa shape index (κ1) is 25.7. The minimum absolute atomic E-state index is 0.160. The van der Waals surface area contributed by atoms with E-state index in [0.29, 0.717) is 40.2 Å². The van der Waals surface area contributed by atoms with E-state index in [0.717, 1.165) is 5.56 Å². The van der Waals surface area contributed by atoms with Crippen LogP contribution in [0.4, 0.5) is 8.78 Å². The smallest absolute Gasteiger partial charge is 0.326 e. The molecule has 1 aliphatic rings. The molecule has 4 rings (SSSR count). The zero-order valence-electron chi connectivity index (χ0n) is 19.5. The predicted octanol–water partition coefficient (Wildman–Crippen LogP) is 4.98. The second-order valence-corrected chi connectivity index (χ2v) is 9.31. The Hall–Kier alpha value is -3.43. The van der Waals surface area contributed by atoms with Gasteiger partial charge in [-0.2, -0.15) is 0 Å². The summed E-state index contributed by atoms with van der Waals surface area (Å²) in [6.45, 7) is -0.134. The number of carbonyl (C=O) groups is 2. The van der Waals surface area contributed by atoms with Crippen molar-refractivity contribution in [1.29, 1.82) is 0 Å². The van der Waals surface area contributed by atoms with Gasteiger partial charge in [-0.25, -0.2) is 13.6 Å². The summed E-state index contributed by atoms with van der Waals surface area (Å²) in [6.07, 6.45) is 2.52. The van der Waals surface area contributed by atoms with E-state index in [1.807, 2.05) is 0 Å². The first-order chi connectivity index (χ1) is 17.3. The molecule has 0 unspecified atom stereocenters. The maximum absolute atomic E-state index is 13.8. The molecule has 36 heavy (non-hydrogen) atoms. The second-order valence-electron chi connectivity index (χ2n) is 8.46. The minimum atomic E-state index is -1.09. The Morgan fingerprint density at radius 2 is 1.78 bits per heavy atom. The molecule has 1 amide bonds. The van der Waals surface area contributed by atoms with Gasteiger partial charge in [0.15, 0.2) is 11.6 Å². The molecule has 2 N–H and O–H groups in total. The van der Waals surface area contributed by atoms with Gasteiger partial charge in [-0.1, -0.05) is 24.3 Å². The van der Waals surface area contributed by atoms with Crippen LogP contribution in [0.25, 0.3) is 11.1 Å². The van der Waals surface area contributed by atoms with Crippen molar-refractivity contribution in [2.45, 2.75) is 36.4 Å². The summed E-state index contributed by atoms with van der Waals surface area (Å²) in [5.41, 5.74) is 2.33. The molecule has 0 spiro atoms. The molecule has 1 saturated heterocycles. The molecule has 2 atom stereocenters. The monoisotopic (exact) mass is 513 g/mol. The maximum Gasteiger partial charge on any atom is 0.326 e. The van der Waals surface area contributed by atoms with Crippen molar-refractivity contribution < 1.29 is 33.3 Å². The lowest BCUT2D eigenvalue weighted by Gasteiger charge is -2.27. The van der Waals surface area contributed by atoms with E-state index in [2.05, 4.69) is 0 Å². The van der Waals surface area contributed by atoms with Crippen LogP contribution in [-0.4, -0.2) is 51.9 Å². The van der Waals surface area contributed by atoms with Crippen molar-refractivity contribution >= 4 is 23.6 Å². The standard InChI is InChI=1S/C27H25F2NO5S/c1-36-25-13-23(29)22(28)12-21(25)17-5-8-20(9-6-17)35-15-16-3-2-4-18(11-16)26(32)30-19(14-31)7-10-24(30)27(33)34/h2-6,8-9,11-13,19,24,31H,7,10,14-15H2,1H3,(H,33,34)/t19-,24-/m0/s1. The molecule has 0 radical (unpaired) electrons. The maximum atomic E-state index is 13.8. The van der Waals surface area contributed by atoms with Crippen molar-refractivity contribution in [3.8, 4) is 16.9 Å². The Kier molecular flexibility index (Phi) is 7.91. The van der Waals surface area contributed by atoms with E-state index in [4.69, 9.17) is 4.74 Å². The Bertz CT molecular complexity index is 1270. The van der Waals surface area contributed by atoms with Gasteiger partial charge in [0.25, 0.3) is 5.91 Å². The lowest BCUT2D eigenvalue weighted by Crippen LogP contribution is -2.46. The van der Waals surface area contributed by atoms with Crippen LogP contribution in [0.5, 0.6) is 5.75 Å². The molecule has 1 heterocycles. The highest BCUT2D eigenvalue weighted by molar-refractivity contribution is 7.98. The van der Waals surface area contributed by atoms with E-state index < -0.39 is 35.6 Å². The molecule has 3 aromatic carbocycles. The highest BCUT2D eigenvalue weighted by Gasteiger charge is 2.40. The normalized spacial score (nSPS) is 17.3. The van der Waals surface area contributed by atoms with Crippen LogP contribution in [0, 0.1) is 11.6 Å². The van der Waals surface area contributed by atoms with Crippen LogP contribution in [0.2, 0.25) is 0 Å². The minimum Gasteiger partial charge on any atom is -0.489 e. The number of aliphatic hydroxyl groups is 1. The number of carbonyl (C=O) groups excluding carboxylic acids is 1. The molecule has 3 aromatic rings.